The van der Waals surface area contributed by atoms with Crippen molar-refractivity contribution in [2.75, 3.05) is 31.4 Å². The zero-order chi connectivity index (χ0) is 28.7. The molecule has 0 radical (unpaired) electrons. The Morgan fingerprint density at radius 1 is 1.33 bits per heavy atom. The molecule has 14 nitrogen and oxygen atoms in total. The fourth-order valence-corrected chi connectivity index (χ4v) is 5.65. The van der Waals surface area contributed by atoms with Crippen LogP contribution in [0.3, 0.4) is 0 Å². The number of carboxylic acid groups (broad SMARTS) is 1. The topological polar surface area (TPSA) is 186 Å². The van der Waals surface area contributed by atoms with Crippen molar-refractivity contribution in [1.29, 1.82) is 0 Å². The van der Waals surface area contributed by atoms with Gasteiger partial charge in [0.15, 0.2) is 10.8 Å². The predicted molar refractivity (Wildman–Crippen MR) is 141 cm³/mol. The molecule has 3 heterocycles. The van der Waals surface area contributed by atoms with E-state index < -0.39 is 40.8 Å². The van der Waals surface area contributed by atoms with Gasteiger partial charge in [0.25, 0.3) is 11.8 Å². The van der Waals surface area contributed by atoms with E-state index in [0.29, 0.717) is 17.7 Å². The van der Waals surface area contributed by atoms with Crippen molar-refractivity contribution in [2.24, 2.45) is 5.16 Å². The molecule has 0 bridgehead atoms. The maximum atomic E-state index is 13.2. The molecular weight excluding hydrogens is 554 g/mol. The molecule has 0 saturated carbocycles. The number of aromatic nitrogens is 1. The lowest BCUT2D eigenvalue weighted by Gasteiger charge is -2.49. The van der Waals surface area contributed by atoms with Crippen molar-refractivity contribution in [3.05, 3.63) is 22.3 Å². The van der Waals surface area contributed by atoms with E-state index in [-0.39, 0.29) is 48.3 Å². The lowest BCUT2D eigenvalue weighted by atomic mass is 10.0. The molecule has 0 spiro atoms. The van der Waals surface area contributed by atoms with Crippen LogP contribution in [0.5, 0.6) is 0 Å². The third kappa shape index (κ3) is 7.54. The zero-order valence-corrected chi connectivity index (χ0v) is 23.3. The number of amides is 3. The van der Waals surface area contributed by atoms with Gasteiger partial charge in [-0.1, -0.05) is 5.16 Å². The van der Waals surface area contributed by atoms with Crippen molar-refractivity contribution in [2.45, 2.75) is 50.6 Å². The highest BCUT2D eigenvalue weighted by Gasteiger charge is 2.54. The molecule has 0 aromatic carbocycles. The van der Waals surface area contributed by atoms with Crippen LogP contribution in [0.15, 0.2) is 21.8 Å². The normalized spacial score (nSPS) is 19.1. The number of carbonyl (C=O) groups is 5. The monoisotopic (exact) mass is 583 g/mol. The third-order valence-electron chi connectivity index (χ3n) is 5.19. The number of esters is 1. The average molecular weight is 584 g/mol. The minimum absolute atomic E-state index is 0.0107. The van der Waals surface area contributed by atoms with E-state index in [1.807, 2.05) is 0 Å². The Hall–Kier alpha value is -3.50. The largest absolute Gasteiger partial charge is 0.477 e. The summed E-state index contributed by atoms with van der Waals surface area (Å²) in [6, 6.07) is -1.01. The van der Waals surface area contributed by atoms with Gasteiger partial charge in [-0.3, -0.25) is 24.1 Å². The van der Waals surface area contributed by atoms with Crippen LogP contribution in [-0.4, -0.2) is 94.0 Å². The van der Waals surface area contributed by atoms with Gasteiger partial charge in [-0.15, -0.1) is 23.1 Å². The zero-order valence-electron chi connectivity index (χ0n) is 21.7. The van der Waals surface area contributed by atoms with Gasteiger partial charge in [0.05, 0.1) is 6.61 Å². The fraction of sp³-hybridized carbons (Fsp3) is 0.522. The van der Waals surface area contributed by atoms with Gasteiger partial charge in [0, 0.05) is 24.7 Å². The Labute approximate surface area is 232 Å². The first-order valence-electron chi connectivity index (χ1n) is 11.7. The highest BCUT2D eigenvalue weighted by atomic mass is 32.2. The van der Waals surface area contributed by atoms with Crippen LogP contribution in [0.1, 0.15) is 39.3 Å². The number of rotatable bonds is 13. The van der Waals surface area contributed by atoms with E-state index in [1.54, 1.807) is 20.8 Å². The number of oxime groups is 1. The van der Waals surface area contributed by atoms with Crippen LogP contribution in [0.4, 0.5) is 5.13 Å². The van der Waals surface area contributed by atoms with Crippen molar-refractivity contribution in [3.8, 4) is 0 Å². The molecule has 1 aromatic heterocycles. The summed E-state index contributed by atoms with van der Waals surface area (Å²) < 4.78 is 10.3. The molecule has 1 unspecified atom stereocenters. The summed E-state index contributed by atoms with van der Waals surface area (Å²) in [6.07, 6.45) is 0.777. The second-order valence-corrected chi connectivity index (χ2v) is 11.3. The molecule has 212 valence electrons. The number of nitrogens with one attached hydrogen (secondary N) is 2. The number of nitrogens with zero attached hydrogens (tertiary/aromatic N) is 3. The summed E-state index contributed by atoms with van der Waals surface area (Å²) in [5.74, 6) is -2.73. The lowest BCUT2D eigenvalue weighted by Crippen LogP contribution is -2.71. The number of ether oxygens (including phenoxy) is 2. The first-order valence-corrected chi connectivity index (χ1v) is 13.7. The molecule has 1 fully saturated rings. The summed E-state index contributed by atoms with van der Waals surface area (Å²) in [5, 5.41) is 19.6. The fourth-order valence-electron chi connectivity index (χ4n) is 3.67. The number of hydrogen-bond acceptors (Lipinski definition) is 12. The van der Waals surface area contributed by atoms with Gasteiger partial charge in [-0.25, -0.2) is 9.78 Å². The van der Waals surface area contributed by atoms with E-state index >= 15 is 0 Å². The smallest absolute Gasteiger partial charge is 0.352 e. The lowest BCUT2D eigenvalue weighted by molar-refractivity contribution is -0.155. The number of β-lactam (4-membered cyclic amide) rings is 1. The Bertz CT molecular complexity index is 1190. The Morgan fingerprint density at radius 2 is 2.08 bits per heavy atom. The van der Waals surface area contributed by atoms with Gasteiger partial charge in [0.1, 0.15) is 35.0 Å². The first-order chi connectivity index (χ1) is 18.5. The second-order valence-electron chi connectivity index (χ2n) is 9.31. The number of hydrogen-bond donors (Lipinski definition) is 3. The van der Waals surface area contributed by atoms with Gasteiger partial charge >= 0.3 is 11.9 Å². The number of thiazole rings is 1. The molecule has 16 heteroatoms. The molecule has 39 heavy (non-hydrogen) atoms. The summed E-state index contributed by atoms with van der Waals surface area (Å²) in [7, 11) is 1.43. The molecule has 2 atom stereocenters. The van der Waals surface area contributed by atoms with E-state index in [4.69, 9.17) is 14.3 Å². The highest BCUT2D eigenvalue weighted by Crippen LogP contribution is 2.40. The van der Waals surface area contributed by atoms with Crippen LogP contribution in [-0.2, 0) is 38.3 Å². The van der Waals surface area contributed by atoms with Crippen molar-refractivity contribution >= 4 is 64.1 Å². The van der Waals surface area contributed by atoms with Crippen LogP contribution < -0.4 is 10.6 Å². The summed E-state index contributed by atoms with van der Waals surface area (Å²) in [4.78, 5) is 71.1. The van der Waals surface area contributed by atoms with Crippen LogP contribution >= 0.6 is 23.1 Å². The van der Waals surface area contributed by atoms with Crippen LogP contribution in [0.25, 0.3) is 0 Å². The SMILES string of the molecule is COCC1=C(C(=O)O)N2C(=O)C(NC(=O)/C(=N\OCCCC(=O)OC(C)(C)C)c3csc(NC=O)n3)[C@H]2SC1. The molecular formula is C23H29N5O9S2. The van der Waals surface area contributed by atoms with Gasteiger partial charge < -0.3 is 30.1 Å². The number of aliphatic carboxylic acids is 1. The Morgan fingerprint density at radius 3 is 2.72 bits per heavy atom. The number of fused-ring (bicyclic) bond motifs is 1. The van der Waals surface area contributed by atoms with Crippen LogP contribution in [0.2, 0.25) is 0 Å². The molecule has 2 aliphatic heterocycles. The van der Waals surface area contributed by atoms with Gasteiger partial charge in [0.2, 0.25) is 6.41 Å². The van der Waals surface area contributed by atoms with E-state index in [2.05, 4.69) is 20.8 Å². The minimum atomic E-state index is -1.26. The summed E-state index contributed by atoms with van der Waals surface area (Å²) >= 11 is 2.34. The van der Waals surface area contributed by atoms with Crippen molar-refractivity contribution < 1.29 is 43.4 Å². The number of methoxy groups -OCH3 is 1. The van der Waals surface area contributed by atoms with Gasteiger partial charge in [-0.05, 0) is 32.8 Å². The molecule has 3 amide bonds. The number of carboxylic acids is 1. The maximum absolute atomic E-state index is 13.2. The highest BCUT2D eigenvalue weighted by molar-refractivity contribution is 8.00. The molecule has 1 aromatic rings. The molecule has 3 N–H and O–H groups in total. The summed E-state index contributed by atoms with van der Waals surface area (Å²) in [6.45, 7) is 5.32. The van der Waals surface area contributed by atoms with Crippen molar-refractivity contribution in [1.82, 2.24) is 15.2 Å². The molecule has 3 rings (SSSR count). The molecule has 1 saturated heterocycles. The third-order valence-corrected chi connectivity index (χ3v) is 7.30. The van der Waals surface area contributed by atoms with E-state index in [9.17, 15) is 29.1 Å². The number of anilines is 1. The average Bonchev–Trinajstić information content (AvgIpc) is 3.31. The maximum Gasteiger partial charge on any atom is 0.352 e. The van der Waals surface area contributed by atoms with E-state index in [0.717, 1.165) is 16.2 Å². The second kappa shape index (κ2) is 13.0. The molecule has 0 aliphatic carbocycles. The van der Waals surface area contributed by atoms with E-state index in [1.165, 1.54) is 24.3 Å². The Kier molecular flexibility index (Phi) is 10.0. The quantitative estimate of drug-likeness (QED) is 0.0749. The molecule has 2 aliphatic rings. The Balaban J connectivity index is 1.70. The van der Waals surface area contributed by atoms with Crippen molar-refractivity contribution in [3.63, 3.8) is 0 Å². The standard InChI is InChI=1S/C23H29N5O9S2/c1-23(2,3)37-14(30)6-5-7-36-27-15(13-10-39-22(25-13)24-11-29)18(31)26-16-19(32)28-17(21(33)34)12(8-35-4)9-38-20(16)28/h10-11,16,20H,5-9H2,1-4H3,(H,26,31)(H,33,34)(H,24,25,29)/b27-15-/t16?,20-/m1/s1. The first kappa shape index (κ1) is 30.0. The van der Waals surface area contributed by atoms with Gasteiger partial charge in [-0.2, -0.15) is 0 Å². The summed E-state index contributed by atoms with van der Waals surface area (Å²) in [5.41, 5.74) is -0.478. The number of carbonyl (C=O) groups excluding carboxylic acids is 4. The van der Waals surface area contributed by atoms with Crippen LogP contribution in [0, 0.1) is 0 Å². The predicted octanol–water partition coefficient (Wildman–Crippen LogP) is 0.939. The number of thioether (sulfide) groups is 1. The minimum Gasteiger partial charge on any atom is -0.477 e.